The number of fused-ring (bicyclic) bond motifs is 1. The summed E-state index contributed by atoms with van der Waals surface area (Å²) in [6.45, 7) is 4.38. The minimum absolute atomic E-state index is 0.0631. The molecule has 0 unspecified atom stereocenters. The summed E-state index contributed by atoms with van der Waals surface area (Å²) in [6, 6.07) is 10.3. The minimum atomic E-state index is -0.672. The number of aliphatic hydroxyl groups excluding tert-OH is 1. The van der Waals surface area contributed by atoms with Crippen LogP contribution in [0.1, 0.15) is 42.1 Å². The van der Waals surface area contributed by atoms with Crippen molar-refractivity contribution in [2.24, 2.45) is 0 Å². The Bertz CT molecular complexity index is 1280. The van der Waals surface area contributed by atoms with Crippen molar-refractivity contribution in [2.75, 3.05) is 33.3 Å². The number of rotatable bonds is 11. The maximum atomic E-state index is 12.7. The summed E-state index contributed by atoms with van der Waals surface area (Å²) in [5, 5.41) is 14.2. The molecular formula is C28H32ClN3O5. The summed E-state index contributed by atoms with van der Waals surface area (Å²) in [5.74, 6) is 1.11. The lowest BCUT2D eigenvalue weighted by atomic mass is 10.1. The number of ether oxygens (including phenoxy) is 2. The van der Waals surface area contributed by atoms with E-state index in [9.17, 15) is 14.7 Å². The average molecular weight is 526 g/mol. The molecule has 1 fully saturated rings. The average Bonchev–Trinajstić information content (AvgIpc) is 3.41. The fraction of sp³-hybridized carbons (Fsp3) is 0.393. The molecule has 0 radical (unpaired) electrons. The van der Waals surface area contributed by atoms with E-state index in [0.717, 1.165) is 31.5 Å². The van der Waals surface area contributed by atoms with Crippen molar-refractivity contribution >= 4 is 34.2 Å². The summed E-state index contributed by atoms with van der Waals surface area (Å²) >= 11 is 6.40. The molecule has 0 spiro atoms. The van der Waals surface area contributed by atoms with Gasteiger partial charge in [0.1, 0.15) is 35.7 Å². The van der Waals surface area contributed by atoms with Crippen LogP contribution in [-0.4, -0.2) is 66.1 Å². The van der Waals surface area contributed by atoms with Gasteiger partial charge in [-0.15, -0.1) is 0 Å². The quantitative estimate of drug-likeness (QED) is 0.382. The summed E-state index contributed by atoms with van der Waals surface area (Å²) in [5.41, 5.74) is 1.63. The van der Waals surface area contributed by atoms with Crippen molar-refractivity contribution in [2.45, 2.75) is 38.7 Å². The van der Waals surface area contributed by atoms with E-state index in [-0.39, 0.29) is 24.7 Å². The van der Waals surface area contributed by atoms with Crippen LogP contribution in [0, 0.1) is 0 Å². The molecule has 0 bridgehead atoms. The molecule has 0 aliphatic carbocycles. The Balaban J connectivity index is 1.57. The van der Waals surface area contributed by atoms with Crippen LogP contribution in [0.5, 0.6) is 17.2 Å². The molecule has 9 heteroatoms. The Morgan fingerprint density at radius 2 is 1.95 bits per heavy atom. The standard InChI is InChI=1S/C28H32ClN3O5/c1-3-19(33)12-18-6-7-21(13-24(18)29)37-26-8-9-31-25-15-27(23(14-22(25)26)28(35)30-2)36-17-20(34)16-32-10-4-5-11-32/h6-9,13-15,20,34H,3-5,10-12,16-17H2,1-2H3,(H,30,35)/t20-/m1/s1. The molecule has 1 atom stereocenters. The molecular weight excluding hydrogens is 494 g/mol. The normalized spacial score (nSPS) is 14.5. The number of aliphatic hydroxyl groups is 1. The van der Waals surface area contributed by atoms with Crippen LogP contribution in [0.25, 0.3) is 10.9 Å². The number of ketones is 1. The first-order valence-corrected chi connectivity index (χ1v) is 12.9. The van der Waals surface area contributed by atoms with E-state index in [1.165, 1.54) is 0 Å². The number of pyridine rings is 1. The fourth-order valence-corrected chi connectivity index (χ4v) is 4.61. The molecule has 1 aromatic heterocycles. The summed E-state index contributed by atoms with van der Waals surface area (Å²) in [6.07, 6.45) is 3.95. The highest BCUT2D eigenvalue weighted by Gasteiger charge is 2.20. The summed E-state index contributed by atoms with van der Waals surface area (Å²) < 4.78 is 12.0. The topological polar surface area (TPSA) is 101 Å². The van der Waals surface area contributed by atoms with Gasteiger partial charge in [-0.2, -0.15) is 0 Å². The predicted octanol–water partition coefficient (Wildman–Crippen LogP) is 4.40. The number of nitrogens with one attached hydrogen (secondary N) is 1. The number of carbonyl (C=O) groups is 2. The molecule has 0 saturated carbocycles. The second kappa shape index (κ2) is 12.4. The van der Waals surface area contributed by atoms with Gasteiger partial charge in [0.15, 0.2) is 0 Å². The van der Waals surface area contributed by atoms with Crippen molar-refractivity contribution in [3.05, 3.63) is 58.7 Å². The van der Waals surface area contributed by atoms with Gasteiger partial charge >= 0.3 is 0 Å². The van der Waals surface area contributed by atoms with Gasteiger partial charge in [0, 0.05) is 49.1 Å². The molecule has 8 nitrogen and oxygen atoms in total. The smallest absolute Gasteiger partial charge is 0.254 e. The van der Waals surface area contributed by atoms with E-state index in [4.69, 9.17) is 21.1 Å². The number of halogens is 1. The molecule has 3 aromatic rings. The Morgan fingerprint density at radius 3 is 2.65 bits per heavy atom. The van der Waals surface area contributed by atoms with Crippen LogP contribution in [0.3, 0.4) is 0 Å². The molecule has 4 rings (SSSR count). The lowest BCUT2D eigenvalue weighted by Gasteiger charge is -2.20. The van der Waals surface area contributed by atoms with Gasteiger partial charge in [-0.1, -0.05) is 24.6 Å². The molecule has 196 valence electrons. The zero-order valence-electron chi connectivity index (χ0n) is 21.1. The number of Topliss-reactive ketones (excluding diaryl/α,β-unsaturated/α-hetero) is 1. The van der Waals surface area contributed by atoms with Gasteiger partial charge < -0.3 is 24.8 Å². The third-order valence-corrected chi connectivity index (χ3v) is 6.76. The summed E-state index contributed by atoms with van der Waals surface area (Å²) in [7, 11) is 1.55. The van der Waals surface area contributed by atoms with E-state index < -0.39 is 6.10 Å². The second-order valence-electron chi connectivity index (χ2n) is 9.15. The monoisotopic (exact) mass is 525 g/mol. The number of carbonyl (C=O) groups excluding carboxylic acids is 2. The van der Waals surface area contributed by atoms with E-state index >= 15 is 0 Å². The van der Waals surface area contributed by atoms with E-state index in [0.29, 0.717) is 51.7 Å². The third kappa shape index (κ3) is 6.77. The molecule has 2 N–H and O–H groups in total. The number of hydrogen-bond donors (Lipinski definition) is 2. The first kappa shape index (κ1) is 26.9. The number of aromatic nitrogens is 1. The van der Waals surface area contributed by atoms with E-state index in [1.54, 1.807) is 49.6 Å². The molecule has 1 saturated heterocycles. The third-order valence-electron chi connectivity index (χ3n) is 6.41. The SMILES string of the molecule is CCC(=O)Cc1ccc(Oc2ccnc3cc(OC[C@H](O)CN4CCCC4)c(C(=O)NC)cc23)cc1Cl. The zero-order valence-corrected chi connectivity index (χ0v) is 21.9. The molecule has 37 heavy (non-hydrogen) atoms. The van der Waals surface area contributed by atoms with Crippen LogP contribution >= 0.6 is 11.6 Å². The second-order valence-corrected chi connectivity index (χ2v) is 9.56. The van der Waals surface area contributed by atoms with Gasteiger partial charge in [-0.25, -0.2) is 0 Å². The molecule has 2 heterocycles. The van der Waals surface area contributed by atoms with Crippen LogP contribution in [0.15, 0.2) is 42.6 Å². The van der Waals surface area contributed by atoms with Crippen LogP contribution in [0.4, 0.5) is 0 Å². The van der Waals surface area contributed by atoms with Gasteiger partial charge in [0.05, 0.1) is 11.1 Å². The number of benzene rings is 2. The van der Waals surface area contributed by atoms with Crippen LogP contribution < -0.4 is 14.8 Å². The predicted molar refractivity (Wildman–Crippen MR) is 143 cm³/mol. The molecule has 2 aromatic carbocycles. The Morgan fingerprint density at radius 1 is 1.16 bits per heavy atom. The van der Waals surface area contributed by atoms with Gasteiger partial charge in [0.2, 0.25) is 0 Å². The Labute approximate surface area is 221 Å². The maximum absolute atomic E-state index is 12.7. The molecule has 1 aliphatic heterocycles. The highest BCUT2D eigenvalue weighted by Crippen LogP contribution is 2.34. The van der Waals surface area contributed by atoms with Crippen molar-refractivity contribution in [1.82, 2.24) is 15.2 Å². The molecule has 1 amide bonds. The van der Waals surface area contributed by atoms with E-state index in [2.05, 4.69) is 15.2 Å². The lowest BCUT2D eigenvalue weighted by Crippen LogP contribution is -2.34. The summed E-state index contributed by atoms with van der Waals surface area (Å²) in [4.78, 5) is 31.1. The van der Waals surface area contributed by atoms with Gasteiger partial charge in [0.25, 0.3) is 5.91 Å². The lowest BCUT2D eigenvalue weighted by molar-refractivity contribution is -0.118. The first-order chi connectivity index (χ1) is 17.9. The van der Waals surface area contributed by atoms with Gasteiger partial charge in [-0.05, 0) is 55.8 Å². The highest BCUT2D eigenvalue weighted by molar-refractivity contribution is 6.31. The zero-order chi connectivity index (χ0) is 26.4. The number of nitrogens with zero attached hydrogens (tertiary/aromatic N) is 2. The van der Waals surface area contributed by atoms with Crippen molar-refractivity contribution in [3.8, 4) is 17.2 Å². The maximum Gasteiger partial charge on any atom is 0.254 e. The van der Waals surface area contributed by atoms with Crippen molar-refractivity contribution in [3.63, 3.8) is 0 Å². The van der Waals surface area contributed by atoms with E-state index in [1.807, 2.05) is 6.92 Å². The van der Waals surface area contributed by atoms with Gasteiger partial charge in [-0.3, -0.25) is 14.6 Å². The number of β-amino-alcohol motifs (C(OH)–C–C–N with tert-alkyl or cyclic N) is 1. The van der Waals surface area contributed by atoms with Crippen molar-refractivity contribution in [1.29, 1.82) is 0 Å². The van der Waals surface area contributed by atoms with Crippen molar-refractivity contribution < 1.29 is 24.2 Å². The number of hydrogen-bond acceptors (Lipinski definition) is 7. The largest absolute Gasteiger partial charge is 0.490 e. The Kier molecular flexibility index (Phi) is 8.97. The first-order valence-electron chi connectivity index (χ1n) is 12.5. The number of amides is 1. The Hall–Kier alpha value is -3.20. The van der Waals surface area contributed by atoms with Crippen LogP contribution in [0.2, 0.25) is 5.02 Å². The fourth-order valence-electron chi connectivity index (χ4n) is 4.37. The molecule has 1 aliphatic rings. The van der Waals surface area contributed by atoms with Crippen LogP contribution in [-0.2, 0) is 11.2 Å². The number of likely N-dealkylation sites (tertiary alicyclic amines) is 1. The highest BCUT2D eigenvalue weighted by atomic mass is 35.5. The minimum Gasteiger partial charge on any atom is -0.490 e.